The summed E-state index contributed by atoms with van der Waals surface area (Å²) in [6.07, 6.45) is 1.82. The first-order valence-corrected chi connectivity index (χ1v) is 2.81. The molecule has 0 aromatic carbocycles. The maximum atomic E-state index is 5.28. The minimum atomic E-state index is 0.487. The number of ether oxygens (including phenoxy) is 1. The maximum Gasteiger partial charge on any atom is 0.0927 e. The van der Waals surface area contributed by atoms with Crippen LogP contribution in [0.3, 0.4) is 0 Å². The summed E-state index contributed by atoms with van der Waals surface area (Å²) < 4.78 is 4.87. The first-order valence-electron chi connectivity index (χ1n) is 2.81. The van der Waals surface area contributed by atoms with Gasteiger partial charge in [-0.2, -0.15) is 0 Å². The van der Waals surface area contributed by atoms with E-state index in [1.807, 2.05) is 13.0 Å². The monoisotopic (exact) mass is 127 g/mol. The summed E-state index contributed by atoms with van der Waals surface area (Å²) in [7, 11) is 1.62. The lowest BCUT2D eigenvalue weighted by molar-refractivity contribution is 0.293. The summed E-state index contributed by atoms with van der Waals surface area (Å²) in [5.41, 5.74) is 6.16. The maximum absolute atomic E-state index is 5.28. The predicted octanol–water partition coefficient (Wildman–Crippen LogP) is 1.05. The summed E-state index contributed by atoms with van der Waals surface area (Å²) in [6, 6.07) is 0. The van der Waals surface area contributed by atoms with Gasteiger partial charge in [-0.3, -0.25) is 0 Å². The highest BCUT2D eigenvalue weighted by atomic mass is 16.5. The summed E-state index contributed by atoms with van der Waals surface area (Å²) in [6.45, 7) is 6.03. The van der Waals surface area contributed by atoms with Crippen molar-refractivity contribution in [2.75, 3.05) is 13.7 Å². The third-order valence-corrected chi connectivity index (χ3v) is 0.992. The van der Waals surface area contributed by atoms with Crippen LogP contribution in [0.15, 0.2) is 24.0 Å². The summed E-state index contributed by atoms with van der Waals surface area (Å²) in [5.74, 6) is 0.838. The van der Waals surface area contributed by atoms with E-state index in [-0.39, 0.29) is 0 Å². The minimum absolute atomic E-state index is 0.487. The second kappa shape index (κ2) is 4.15. The lowest BCUT2D eigenvalue weighted by Gasteiger charge is -1.98. The molecule has 9 heavy (non-hydrogen) atoms. The highest BCUT2D eigenvalue weighted by Crippen LogP contribution is 1.97. The average molecular weight is 127 g/mol. The van der Waals surface area contributed by atoms with Gasteiger partial charge in [-0.15, -0.1) is 0 Å². The van der Waals surface area contributed by atoms with Crippen LogP contribution in [0.1, 0.15) is 6.92 Å². The van der Waals surface area contributed by atoms with E-state index in [2.05, 4.69) is 6.58 Å². The fourth-order valence-corrected chi connectivity index (χ4v) is 0.405. The first kappa shape index (κ1) is 8.24. The Hall–Kier alpha value is -0.760. The summed E-state index contributed by atoms with van der Waals surface area (Å²) in [5, 5.41) is 0. The van der Waals surface area contributed by atoms with Gasteiger partial charge in [-0.05, 0) is 18.6 Å². The van der Waals surface area contributed by atoms with Gasteiger partial charge >= 0.3 is 0 Å². The zero-order chi connectivity index (χ0) is 7.28. The van der Waals surface area contributed by atoms with Crippen molar-refractivity contribution in [1.82, 2.24) is 0 Å². The first-order chi connectivity index (χ1) is 4.20. The van der Waals surface area contributed by atoms with Gasteiger partial charge in [0, 0.05) is 6.54 Å². The molecule has 2 N–H and O–H groups in total. The van der Waals surface area contributed by atoms with Gasteiger partial charge < -0.3 is 10.5 Å². The molecule has 0 saturated carbocycles. The van der Waals surface area contributed by atoms with Crippen LogP contribution < -0.4 is 5.73 Å². The van der Waals surface area contributed by atoms with E-state index in [1.165, 1.54) is 0 Å². The van der Waals surface area contributed by atoms with Crippen LogP contribution >= 0.6 is 0 Å². The van der Waals surface area contributed by atoms with Crippen molar-refractivity contribution >= 4 is 0 Å². The van der Waals surface area contributed by atoms with Crippen LogP contribution in [-0.4, -0.2) is 13.7 Å². The van der Waals surface area contributed by atoms with Gasteiger partial charge in [0.25, 0.3) is 0 Å². The van der Waals surface area contributed by atoms with E-state index in [9.17, 15) is 0 Å². The van der Waals surface area contributed by atoms with Crippen LogP contribution in [0.5, 0.6) is 0 Å². The van der Waals surface area contributed by atoms with Gasteiger partial charge in [0.05, 0.1) is 12.9 Å². The molecule has 0 saturated heterocycles. The second-order valence-electron chi connectivity index (χ2n) is 1.82. The smallest absolute Gasteiger partial charge is 0.0927 e. The zero-order valence-electron chi connectivity index (χ0n) is 5.98. The second-order valence-corrected chi connectivity index (χ2v) is 1.82. The van der Waals surface area contributed by atoms with E-state index in [4.69, 9.17) is 10.5 Å². The van der Waals surface area contributed by atoms with Crippen LogP contribution in [0.25, 0.3) is 0 Å². The van der Waals surface area contributed by atoms with Crippen LogP contribution in [-0.2, 0) is 4.74 Å². The molecule has 2 nitrogen and oxygen atoms in total. The number of rotatable bonds is 3. The van der Waals surface area contributed by atoms with E-state index >= 15 is 0 Å². The number of methoxy groups -OCH3 is 1. The number of nitrogens with two attached hydrogens (primary N) is 1. The molecule has 0 heterocycles. The summed E-state index contributed by atoms with van der Waals surface area (Å²) in [4.78, 5) is 0. The molecule has 0 aliphatic heterocycles. The van der Waals surface area contributed by atoms with Crippen molar-refractivity contribution in [3.8, 4) is 0 Å². The molecule has 0 bridgehead atoms. The lowest BCUT2D eigenvalue weighted by Crippen LogP contribution is -1.99. The molecule has 0 fully saturated rings. The lowest BCUT2D eigenvalue weighted by atomic mass is 10.3. The van der Waals surface area contributed by atoms with Gasteiger partial charge in [0.2, 0.25) is 0 Å². The number of hydrogen-bond acceptors (Lipinski definition) is 2. The van der Waals surface area contributed by atoms with Crippen molar-refractivity contribution in [2.24, 2.45) is 5.73 Å². The standard InChI is InChI=1S/C7H13NO/c1-6(5-8)4-7(2)9-3/h4H,1,5,8H2,2-3H3/b7-4+. The normalized spacial score (nSPS) is 11.2. The molecule has 0 radical (unpaired) electrons. The molecule has 0 unspecified atom stereocenters. The van der Waals surface area contributed by atoms with E-state index in [1.54, 1.807) is 7.11 Å². The van der Waals surface area contributed by atoms with E-state index in [0.29, 0.717) is 6.54 Å². The van der Waals surface area contributed by atoms with Crippen molar-refractivity contribution in [1.29, 1.82) is 0 Å². The van der Waals surface area contributed by atoms with Crippen LogP contribution in [0.4, 0.5) is 0 Å². The molecule has 0 aromatic heterocycles. The SMILES string of the molecule is C=C(/C=C(\C)OC)CN. The Morgan fingerprint density at radius 1 is 1.78 bits per heavy atom. The summed E-state index contributed by atoms with van der Waals surface area (Å²) >= 11 is 0. The molecular weight excluding hydrogens is 114 g/mol. The number of hydrogen-bond donors (Lipinski definition) is 1. The van der Waals surface area contributed by atoms with Gasteiger partial charge in [0.1, 0.15) is 0 Å². The van der Waals surface area contributed by atoms with Gasteiger partial charge in [0.15, 0.2) is 0 Å². The minimum Gasteiger partial charge on any atom is -0.501 e. The van der Waals surface area contributed by atoms with Gasteiger partial charge in [-0.1, -0.05) is 6.58 Å². The molecule has 0 atom stereocenters. The third-order valence-electron chi connectivity index (χ3n) is 0.992. The highest BCUT2D eigenvalue weighted by Gasteiger charge is 1.85. The number of allylic oxidation sites excluding steroid dienone is 1. The van der Waals surface area contributed by atoms with Crippen LogP contribution in [0.2, 0.25) is 0 Å². The Bertz CT molecular complexity index is 127. The fraction of sp³-hybridized carbons (Fsp3) is 0.429. The van der Waals surface area contributed by atoms with Crippen molar-refractivity contribution in [3.63, 3.8) is 0 Å². The zero-order valence-corrected chi connectivity index (χ0v) is 5.98. The molecule has 2 heteroatoms. The average Bonchev–Trinajstić information content (AvgIpc) is 1.87. The molecule has 0 aromatic rings. The predicted molar refractivity (Wildman–Crippen MR) is 39.0 cm³/mol. The third kappa shape index (κ3) is 3.79. The molecule has 0 aliphatic rings. The molecular formula is C7H13NO. The van der Waals surface area contributed by atoms with Crippen molar-refractivity contribution in [3.05, 3.63) is 24.0 Å². The fourth-order valence-electron chi connectivity index (χ4n) is 0.405. The van der Waals surface area contributed by atoms with Crippen molar-refractivity contribution < 1.29 is 4.74 Å². The van der Waals surface area contributed by atoms with Crippen LogP contribution in [0, 0.1) is 0 Å². The molecule has 0 aliphatic carbocycles. The topological polar surface area (TPSA) is 35.2 Å². The largest absolute Gasteiger partial charge is 0.501 e. The molecule has 0 spiro atoms. The van der Waals surface area contributed by atoms with Gasteiger partial charge in [-0.25, -0.2) is 0 Å². The Morgan fingerprint density at radius 2 is 2.33 bits per heavy atom. The Balaban J connectivity index is 3.79. The molecule has 0 amide bonds. The highest BCUT2D eigenvalue weighted by molar-refractivity contribution is 5.17. The Morgan fingerprint density at radius 3 is 2.67 bits per heavy atom. The van der Waals surface area contributed by atoms with E-state index < -0.39 is 0 Å². The molecule has 52 valence electrons. The Labute approximate surface area is 56.0 Å². The molecule has 0 rings (SSSR count). The van der Waals surface area contributed by atoms with Crippen molar-refractivity contribution in [2.45, 2.75) is 6.92 Å². The van der Waals surface area contributed by atoms with E-state index in [0.717, 1.165) is 11.3 Å². The Kier molecular flexibility index (Phi) is 3.80. The quantitative estimate of drug-likeness (QED) is 0.454.